The van der Waals surface area contributed by atoms with E-state index in [1.54, 1.807) is 11.8 Å². The molecule has 4 atom stereocenters. The summed E-state index contributed by atoms with van der Waals surface area (Å²) in [6, 6.07) is -1.05. The van der Waals surface area contributed by atoms with Crippen LogP contribution in [0.5, 0.6) is 0 Å². The summed E-state index contributed by atoms with van der Waals surface area (Å²) in [6.07, 6.45) is 3.07. The highest BCUT2D eigenvalue weighted by molar-refractivity contribution is 5.86. The molecule has 1 saturated carbocycles. The molecule has 0 saturated heterocycles. The van der Waals surface area contributed by atoms with E-state index in [0.29, 0.717) is 11.8 Å². The van der Waals surface area contributed by atoms with Crippen molar-refractivity contribution in [2.75, 3.05) is 0 Å². The molecule has 0 aromatic rings. The number of hydrogen-bond acceptors (Lipinski definition) is 4. The second-order valence-electron chi connectivity index (χ2n) is 6.32. The van der Waals surface area contributed by atoms with Crippen LogP contribution in [0.4, 0.5) is 0 Å². The van der Waals surface area contributed by atoms with Crippen molar-refractivity contribution >= 4 is 18.3 Å². The minimum absolute atomic E-state index is 0.0669. The Morgan fingerprint density at radius 2 is 1.91 bits per heavy atom. The Kier molecular flexibility index (Phi) is 6.80. The highest BCUT2D eigenvalue weighted by atomic mass is 16.4. The van der Waals surface area contributed by atoms with Crippen LogP contribution in [0.1, 0.15) is 46.5 Å². The Hall–Kier alpha value is -1.63. The van der Waals surface area contributed by atoms with Crippen LogP contribution in [-0.4, -0.2) is 46.5 Å². The molecule has 4 unspecified atom stereocenters. The van der Waals surface area contributed by atoms with Crippen LogP contribution in [-0.2, 0) is 14.4 Å². The zero-order chi connectivity index (χ0) is 16.9. The summed E-state index contributed by atoms with van der Waals surface area (Å²) in [4.78, 5) is 35.6. The fraction of sp³-hybridized carbons (Fsp3) is 0.800. The van der Waals surface area contributed by atoms with Gasteiger partial charge in [-0.1, -0.05) is 20.3 Å². The molecule has 22 heavy (non-hydrogen) atoms. The maximum absolute atomic E-state index is 11.9. The maximum atomic E-state index is 11.9. The Labute approximate surface area is 131 Å². The predicted molar refractivity (Wildman–Crippen MR) is 81.7 cm³/mol. The normalized spacial score (nSPS) is 27.5. The van der Waals surface area contributed by atoms with Crippen LogP contribution in [0.2, 0.25) is 0 Å². The van der Waals surface area contributed by atoms with Crippen LogP contribution >= 0.6 is 0 Å². The quantitative estimate of drug-likeness (QED) is 0.469. The van der Waals surface area contributed by atoms with Gasteiger partial charge in [-0.2, -0.15) is 0 Å². The molecule has 0 aromatic heterocycles. The van der Waals surface area contributed by atoms with E-state index < -0.39 is 30.5 Å². The zero-order valence-corrected chi connectivity index (χ0v) is 13.5. The average Bonchev–Trinajstić information content (AvgIpc) is 2.41. The van der Waals surface area contributed by atoms with Gasteiger partial charge in [0.15, 0.2) is 0 Å². The van der Waals surface area contributed by atoms with Crippen molar-refractivity contribution in [1.29, 1.82) is 0 Å². The van der Waals surface area contributed by atoms with Crippen molar-refractivity contribution in [2.45, 2.75) is 64.7 Å². The van der Waals surface area contributed by atoms with Crippen molar-refractivity contribution in [2.24, 2.45) is 17.6 Å². The molecular formula is C15H27N3O4. The van der Waals surface area contributed by atoms with Gasteiger partial charge >= 0.3 is 5.97 Å². The minimum Gasteiger partial charge on any atom is -0.481 e. The van der Waals surface area contributed by atoms with Crippen molar-refractivity contribution < 1.29 is 19.5 Å². The van der Waals surface area contributed by atoms with Crippen LogP contribution in [0.15, 0.2) is 0 Å². The molecule has 7 nitrogen and oxygen atoms in total. The van der Waals surface area contributed by atoms with E-state index in [9.17, 15) is 14.4 Å². The summed E-state index contributed by atoms with van der Waals surface area (Å²) in [5.74, 6) is -0.961. The van der Waals surface area contributed by atoms with Gasteiger partial charge in [-0.15, -0.1) is 0 Å². The van der Waals surface area contributed by atoms with Gasteiger partial charge in [-0.05, 0) is 31.6 Å². The fourth-order valence-electron chi connectivity index (χ4n) is 3.34. The van der Waals surface area contributed by atoms with E-state index in [1.807, 2.05) is 0 Å². The van der Waals surface area contributed by atoms with Gasteiger partial charge in [0.25, 0.3) is 0 Å². The number of carbonyl (C=O) groups excluding carboxylic acids is 2. The molecule has 0 aliphatic heterocycles. The predicted octanol–water partition coefficient (Wildman–Crippen LogP) is 0.534. The highest BCUT2D eigenvalue weighted by Crippen LogP contribution is 2.32. The third-order valence-electron chi connectivity index (χ3n) is 4.48. The molecule has 0 spiro atoms. The third-order valence-corrected chi connectivity index (χ3v) is 4.48. The summed E-state index contributed by atoms with van der Waals surface area (Å²) >= 11 is 0. The smallest absolute Gasteiger partial charge is 0.305 e. The summed E-state index contributed by atoms with van der Waals surface area (Å²) in [5.41, 5.74) is 5.54. The summed E-state index contributed by atoms with van der Waals surface area (Å²) in [6.45, 7) is 5.94. The van der Waals surface area contributed by atoms with E-state index in [0.717, 1.165) is 25.7 Å². The molecule has 0 heterocycles. The van der Waals surface area contributed by atoms with Gasteiger partial charge in [0.05, 0.1) is 12.5 Å². The lowest BCUT2D eigenvalue weighted by atomic mass is 9.78. The standard InChI is InChI=1S/C15H27N3O4/c1-9-5-4-6-10(2)14(9)18(8-19)11(3)17-15(22)12(16)7-13(20)21/h8-12,14H,4-7,16H2,1-3H3,(H,17,22)(H,20,21). The van der Waals surface area contributed by atoms with Crippen LogP contribution < -0.4 is 11.1 Å². The van der Waals surface area contributed by atoms with E-state index in [-0.39, 0.29) is 6.04 Å². The Morgan fingerprint density at radius 3 is 2.36 bits per heavy atom. The first-order valence-electron chi connectivity index (χ1n) is 7.78. The Bertz CT molecular complexity index is 406. The van der Waals surface area contributed by atoms with Crippen LogP contribution in [0.3, 0.4) is 0 Å². The minimum atomic E-state index is -1.13. The topological polar surface area (TPSA) is 113 Å². The molecule has 1 rings (SSSR count). The number of carbonyl (C=O) groups is 3. The third kappa shape index (κ3) is 4.69. The van der Waals surface area contributed by atoms with Crippen molar-refractivity contribution in [1.82, 2.24) is 10.2 Å². The van der Waals surface area contributed by atoms with Crippen molar-refractivity contribution in [3.63, 3.8) is 0 Å². The second-order valence-corrected chi connectivity index (χ2v) is 6.32. The van der Waals surface area contributed by atoms with Crippen LogP contribution in [0.25, 0.3) is 0 Å². The molecular weight excluding hydrogens is 286 g/mol. The van der Waals surface area contributed by atoms with Gasteiger partial charge in [0.2, 0.25) is 12.3 Å². The molecule has 4 N–H and O–H groups in total. The molecule has 126 valence electrons. The summed E-state index contributed by atoms with van der Waals surface area (Å²) < 4.78 is 0. The number of hydrogen-bond donors (Lipinski definition) is 3. The largest absolute Gasteiger partial charge is 0.481 e. The second kappa shape index (κ2) is 8.12. The van der Waals surface area contributed by atoms with Gasteiger partial charge in [-0.25, -0.2) is 0 Å². The van der Waals surface area contributed by atoms with Gasteiger partial charge < -0.3 is 21.1 Å². The highest BCUT2D eigenvalue weighted by Gasteiger charge is 2.35. The molecule has 2 amide bonds. The van der Waals surface area contributed by atoms with Crippen LogP contribution in [0, 0.1) is 11.8 Å². The number of carboxylic acid groups (broad SMARTS) is 1. The number of amides is 2. The fourth-order valence-corrected chi connectivity index (χ4v) is 3.34. The molecule has 0 aromatic carbocycles. The first-order chi connectivity index (χ1) is 10.3. The maximum Gasteiger partial charge on any atom is 0.305 e. The lowest BCUT2D eigenvalue weighted by Gasteiger charge is -2.43. The Morgan fingerprint density at radius 1 is 1.36 bits per heavy atom. The van der Waals surface area contributed by atoms with Crippen molar-refractivity contribution in [3.05, 3.63) is 0 Å². The van der Waals surface area contributed by atoms with Gasteiger partial charge in [0, 0.05) is 6.04 Å². The van der Waals surface area contributed by atoms with E-state index >= 15 is 0 Å². The lowest BCUT2D eigenvalue weighted by molar-refractivity contribution is -0.140. The summed E-state index contributed by atoms with van der Waals surface area (Å²) in [5, 5.41) is 11.3. The first kappa shape index (κ1) is 18.4. The average molecular weight is 313 g/mol. The number of nitrogens with two attached hydrogens (primary N) is 1. The molecule has 1 aliphatic rings. The SMILES string of the molecule is CC1CCCC(C)C1N(C=O)C(C)NC(=O)C(N)CC(=O)O. The molecule has 1 fully saturated rings. The molecule has 7 heteroatoms. The number of nitrogens with one attached hydrogen (secondary N) is 1. The number of nitrogens with zero attached hydrogens (tertiary/aromatic N) is 1. The van der Waals surface area contributed by atoms with E-state index in [4.69, 9.17) is 10.8 Å². The number of rotatable bonds is 7. The molecule has 0 bridgehead atoms. The lowest BCUT2D eigenvalue weighted by Crippen LogP contribution is -2.57. The van der Waals surface area contributed by atoms with E-state index in [2.05, 4.69) is 19.2 Å². The first-order valence-corrected chi connectivity index (χ1v) is 7.78. The molecule has 1 aliphatic carbocycles. The Balaban J connectivity index is 2.71. The zero-order valence-electron chi connectivity index (χ0n) is 13.5. The number of aliphatic carboxylic acids is 1. The number of carboxylic acids is 1. The van der Waals surface area contributed by atoms with Gasteiger partial charge in [0.1, 0.15) is 6.17 Å². The monoisotopic (exact) mass is 313 g/mol. The summed E-state index contributed by atoms with van der Waals surface area (Å²) in [7, 11) is 0. The van der Waals surface area contributed by atoms with Crippen molar-refractivity contribution in [3.8, 4) is 0 Å². The van der Waals surface area contributed by atoms with Gasteiger partial charge in [-0.3, -0.25) is 14.4 Å². The van der Waals surface area contributed by atoms with E-state index in [1.165, 1.54) is 0 Å². The molecule has 0 radical (unpaired) electrons.